The number of nitrogens with one attached hydrogen (secondary N) is 1. The third-order valence-corrected chi connectivity index (χ3v) is 4.33. The zero-order chi connectivity index (χ0) is 17.9. The SMILES string of the molecule is CC(C)(C)c1csc(NC(=O)c2cccc(Oc3ccccc3)c2)n1. The summed E-state index contributed by atoms with van der Waals surface area (Å²) in [7, 11) is 0. The summed E-state index contributed by atoms with van der Waals surface area (Å²) in [6, 6.07) is 16.6. The van der Waals surface area contributed by atoms with E-state index in [2.05, 4.69) is 31.1 Å². The number of rotatable bonds is 4. The molecule has 0 aliphatic rings. The molecule has 0 unspecified atom stereocenters. The molecule has 2 aromatic carbocycles. The lowest BCUT2D eigenvalue weighted by Gasteiger charge is -2.14. The lowest BCUT2D eigenvalue weighted by molar-refractivity contribution is 0.102. The van der Waals surface area contributed by atoms with Gasteiger partial charge < -0.3 is 4.74 Å². The van der Waals surface area contributed by atoms with Crippen molar-refractivity contribution >= 4 is 22.4 Å². The molecule has 3 rings (SSSR count). The normalized spacial score (nSPS) is 11.2. The van der Waals surface area contributed by atoms with Gasteiger partial charge >= 0.3 is 0 Å². The Morgan fingerprint density at radius 2 is 1.76 bits per heavy atom. The minimum Gasteiger partial charge on any atom is -0.457 e. The fourth-order valence-corrected chi connectivity index (χ4v) is 3.10. The topological polar surface area (TPSA) is 51.2 Å². The van der Waals surface area contributed by atoms with Gasteiger partial charge in [0.1, 0.15) is 11.5 Å². The average Bonchev–Trinajstić information content (AvgIpc) is 3.05. The van der Waals surface area contributed by atoms with E-state index in [1.54, 1.807) is 18.2 Å². The second kappa shape index (κ2) is 7.07. The van der Waals surface area contributed by atoms with Gasteiger partial charge in [-0.05, 0) is 30.3 Å². The van der Waals surface area contributed by atoms with Crippen molar-refractivity contribution in [1.82, 2.24) is 4.98 Å². The van der Waals surface area contributed by atoms with Crippen molar-refractivity contribution in [2.45, 2.75) is 26.2 Å². The van der Waals surface area contributed by atoms with E-state index >= 15 is 0 Å². The Kier molecular flexibility index (Phi) is 4.86. The molecular formula is C20H20N2O2S. The van der Waals surface area contributed by atoms with E-state index in [0.717, 1.165) is 11.4 Å². The standard InChI is InChI=1S/C20H20N2O2S/c1-20(2,3)17-13-25-19(21-17)22-18(23)14-8-7-11-16(12-14)24-15-9-5-4-6-10-15/h4-13H,1-3H3,(H,21,22,23). The van der Waals surface area contributed by atoms with Crippen molar-refractivity contribution in [1.29, 1.82) is 0 Å². The molecular weight excluding hydrogens is 332 g/mol. The van der Waals surface area contributed by atoms with Crippen LogP contribution in [0.1, 0.15) is 36.8 Å². The molecule has 1 N–H and O–H groups in total. The number of benzene rings is 2. The van der Waals surface area contributed by atoms with Crippen LogP contribution in [-0.2, 0) is 5.41 Å². The summed E-state index contributed by atoms with van der Waals surface area (Å²) in [4.78, 5) is 17.0. The molecule has 5 heteroatoms. The smallest absolute Gasteiger partial charge is 0.257 e. The van der Waals surface area contributed by atoms with E-state index in [1.807, 2.05) is 41.8 Å². The minimum atomic E-state index is -0.201. The number of thiazole rings is 1. The highest BCUT2D eigenvalue weighted by Gasteiger charge is 2.18. The Morgan fingerprint density at radius 1 is 1.04 bits per heavy atom. The van der Waals surface area contributed by atoms with Crippen LogP contribution in [0.15, 0.2) is 60.0 Å². The van der Waals surface area contributed by atoms with Crippen LogP contribution in [0.2, 0.25) is 0 Å². The molecule has 3 aromatic rings. The maximum Gasteiger partial charge on any atom is 0.257 e. The number of aromatic nitrogens is 1. The molecule has 1 amide bonds. The van der Waals surface area contributed by atoms with Crippen molar-refractivity contribution in [3.63, 3.8) is 0 Å². The molecule has 0 atom stereocenters. The largest absolute Gasteiger partial charge is 0.457 e. The number of anilines is 1. The number of hydrogen-bond acceptors (Lipinski definition) is 4. The molecule has 4 nitrogen and oxygen atoms in total. The molecule has 0 saturated carbocycles. The highest BCUT2D eigenvalue weighted by atomic mass is 32.1. The van der Waals surface area contributed by atoms with E-state index in [4.69, 9.17) is 4.74 Å². The number of hydrogen-bond donors (Lipinski definition) is 1. The van der Waals surface area contributed by atoms with E-state index < -0.39 is 0 Å². The van der Waals surface area contributed by atoms with Gasteiger partial charge in [-0.25, -0.2) is 4.98 Å². The van der Waals surface area contributed by atoms with Gasteiger partial charge in [-0.2, -0.15) is 0 Å². The predicted molar refractivity (Wildman–Crippen MR) is 102 cm³/mol. The van der Waals surface area contributed by atoms with Gasteiger partial charge in [0, 0.05) is 16.4 Å². The second-order valence-corrected chi connectivity index (χ2v) is 7.54. The van der Waals surface area contributed by atoms with Crippen molar-refractivity contribution in [2.24, 2.45) is 0 Å². The Morgan fingerprint density at radius 3 is 2.44 bits per heavy atom. The lowest BCUT2D eigenvalue weighted by Crippen LogP contribution is -2.14. The molecule has 0 bridgehead atoms. The predicted octanol–water partition coefficient (Wildman–Crippen LogP) is 5.49. The third-order valence-electron chi connectivity index (χ3n) is 3.57. The number of carbonyl (C=O) groups is 1. The first-order valence-electron chi connectivity index (χ1n) is 8.02. The van der Waals surface area contributed by atoms with Gasteiger partial charge in [-0.15, -0.1) is 11.3 Å². The van der Waals surface area contributed by atoms with Crippen LogP contribution in [0.4, 0.5) is 5.13 Å². The number of para-hydroxylation sites is 1. The molecule has 0 radical (unpaired) electrons. The first kappa shape index (κ1) is 17.2. The maximum atomic E-state index is 12.5. The summed E-state index contributed by atoms with van der Waals surface area (Å²) in [5, 5.41) is 5.43. The van der Waals surface area contributed by atoms with Gasteiger partial charge in [-0.1, -0.05) is 45.0 Å². The van der Waals surface area contributed by atoms with E-state index in [0.29, 0.717) is 16.4 Å². The van der Waals surface area contributed by atoms with Crippen molar-refractivity contribution in [3.8, 4) is 11.5 Å². The average molecular weight is 352 g/mol. The summed E-state index contributed by atoms with van der Waals surface area (Å²) in [5.74, 6) is 1.15. The molecule has 0 aliphatic heterocycles. The summed E-state index contributed by atoms with van der Waals surface area (Å²) in [6.45, 7) is 6.29. The van der Waals surface area contributed by atoms with Crippen molar-refractivity contribution < 1.29 is 9.53 Å². The van der Waals surface area contributed by atoms with Gasteiger partial charge in [0.15, 0.2) is 5.13 Å². The second-order valence-electron chi connectivity index (χ2n) is 6.68. The van der Waals surface area contributed by atoms with Crippen LogP contribution in [0.25, 0.3) is 0 Å². The monoisotopic (exact) mass is 352 g/mol. The minimum absolute atomic E-state index is 0.0388. The number of carbonyl (C=O) groups excluding carboxylic acids is 1. The first-order chi connectivity index (χ1) is 11.9. The van der Waals surface area contributed by atoms with E-state index in [9.17, 15) is 4.79 Å². The molecule has 0 spiro atoms. The van der Waals surface area contributed by atoms with E-state index in [1.165, 1.54) is 11.3 Å². The third kappa shape index (κ3) is 4.45. The fourth-order valence-electron chi connectivity index (χ4n) is 2.17. The highest BCUT2D eigenvalue weighted by molar-refractivity contribution is 7.14. The van der Waals surface area contributed by atoms with Gasteiger partial charge in [0.25, 0.3) is 5.91 Å². The van der Waals surface area contributed by atoms with Crippen molar-refractivity contribution in [3.05, 3.63) is 71.2 Å². The van der Waals surface area contributed by atoms with Crippen molar-refractivity contribution in [2.75, 3.05) is 5.32 Å². The zero-order valence-electron chi connectivity index (χ0n) is 14.4. The molecule has 25 heavy (non-hydrogen) atoms. The Labute approximate surface area is 151 Å². The van der Waals surface area contributed by atoms with Crippen LogP contribution < -0.4 is 10.1 Å². The zero-order valence-corrected chi connectivity index (χ0v) is 15.3. The summed E-state index contributed by atoms with van der Waals surface area (Å²) >= 11 is 1.43. The van der Waals surface area contributed by atoms with Crippen LogP contribution in [0.5, 0.6) is 11.5 Å². The molecule has 0 fully saturated rings. The van der Waals surface area contributed by atoms with Crippen LogP contribution in [0, 0.1) is 0 Å². The number of amides is 1. The Balaban J connectivity index is 1.72. The molecule has 0 aliphatic carbocycles. The highest BCUT2D eigenvalue weighted by Crippen LogP contribution is 2.27. The molecule has 128 valence electrons. The molecule has 1 heterocycles. The molecule has 0 saturated heterocycles. The Hall–Kier alpha value is -2.66. The van der Waals surface area contributed by atoms with Crippen LogP contribution in [-0.4, -0.2) is 10.9 Å². The lowest BCUT2D eigenvalue weighted by atomic mass is 9.93. The summed E-state index contributed by atoms with van der Waals surface area (Å²) in [6.07, 6.45) is 0. The first-order valence-corrected chi connectivity index (χ1v) is 8.90. The Bertz CT molecular complexity index is 867. The van der Waals surface area contributed by atoms with Gasteiger partial charge in [0.05, 0.1) is 5.69 Å². The number of ether oxygens (including phenoxy) is 1. The number of nitrogens with zero attached hydrogens (tertiary/aromatic N) is 1. The summed E-state index contributed by atoms with van der Waals surface area (Å²) < 4.78 is 5.78. The van der Waals surface area contributed by atoms with Gasteiger partial charge in [0.2, 0.25) is 0 Å². The molecule has 1 aromatic heterocycles. The maximum absolute atomic E-state index is 12.5. The quantitative estimate of drug-likeness (QED) is 0.676. The van der Waals surface area contributed by atoms with Crippen LogP contribution >= 0.6 is 11.3 Å². The summed E-state index contributed by atoms with van der Waals surface area (Å²) in [5.41, 5.74) is 1.46. The van der Waals surface area contributed by atoms with E-state index in [-0.39, 0.29) is 11.3 Å². The fraction of sp³-hybridized carbons (Fsp3) is 0.200. The van der Waals surface area contributed by atoms with Gasteiger partial charge in [-0.3, -0.25) is 10.1 Å². The van der Waals surface area contributed by atoms with Crippen LogP contribution in [0.3, 0.4) is 0 Å².